The van der Waals surface area contributed by atoms with Crippen molar-refractivity contribution < 1.29 is 34.3 Å². The normalized spacial score (nSPS) is 52.6. The molecule has 0 unspecified atom stereocenters. The fourth-order valence-electron chi connectivity index (χ4n) is 6.36. The van der Waals surface area contributed by atoms with Gasteiger partial charge in [-0.05, 0) is 36.7 Å². The number of hydrogen-bond donors (Lipinski definition) is 3. The molecule has 0 bridgehead atoms. The second-order valence-corrected chi connectivity index (χ2v) is 9.42. The van der Waals surface area contributed by atoms with Crippen molar-refractivity contribution in [3.63, 3.8) is 0 Å². The van der Waals surface area contributed by atoms with Gasteiger partial charge in [-0.1, -0.05) is 18.6 Å². The highest BCUT2D eigenvalue weighted by molar-refractivity contribution is 5.74. The lowest BCUT2D eigenvalue weighted by atomic mass is 9.54. The Morgan fingerprint density at radius 3 is 2.68 bits per heavy atom. The van der Waals surface area contributed by atoms with Gasteiger partial charge in [0.05, 0.1) is 43.0 Å². The Morgan fingerprint density at radius 1 is 1.11 bits per heavy atom. The summed E-state index contributed by atoms with van der Waals surface area (Å²) in [6, 6.07) is 0. The molecule has 154 valence electrons. The first-order valence-electron chi connectivity index (χ1n) is 10.2. The molecule has 2 saturated heterocycles. The number of carbonyl (C=O) groups is 1. The molecule has 3 heterocycles. The topological polar surface area (TPSA) is 105 Å². The molecule has 9 atom stereocenters. The van der Waals surface area contributed by atoms with Crippen molar-refractivity contribution in [3.8, 4) is 0 Å². The zero-order valence-electron chi connectivity index (χ0n) is 16.2. The summed E-state index contributed by atoms with van der Waals surface area (Å²) in [5.41, 5.74) is 1.35. The van der Waals surface area contributed by atoms with Crippen LogP contribution in [0.25, 0.3) is 0 Å². The second-order valence-electron chi connectivity index (χ2n) is 9.42. The first-order valence-corrected chi connectivity index (χ1v) is 10.2. The molecule has 28 heavy (non-hydrogen) atoms. The van der Waals surface area contributed by atoms with Crippen molar-refractivity contribution in [1.82, 2.24) is 0 Å². The van der Waals surface area contributed by atoms with Gasteiger partial charge in [0, 0.05) is 12.8 Å². The first-order chi connectivity index (χ1) is 13.2. The highest BCUT2D eigenvalue weighted by Crippen LogP contribution is 2.56. The van der Waals surface area contributed by atoms with Gasteiger partial charge >= 0.3 is 5.97 Å². The Morgan fingerprint density at radius 2 is 1.89 bits per heavy atom. The molecule has 3 N–H and O–H groups in total. The van der Waals surface area contributed by atoms with Gasteiger partial charge in [-0.15, -0.1) is 0 Å². The van der Waals surface area contributed by atoms with Crippen molar-refractivity contribution in [3.05, 3.63) is 23.5 Å². The minimum atomic E-state index is -0.873. The third kappa shape index (κ3) is 2.46. The van der Waals surface area contributed by atoms with Crippen LogP contribution < -0.4 is 0 Å². The van der Waals surface area contributed by atoms with Gasteiger partial charge in [0.15, 0.2) is 0 Å². The maximum atomic E-state index is 13.2. The van der Waals surface area contributed by atoms with E-state index >= 15 is 0 Å². The second kappa shape index (κ2) is 6.05. The maximum Gasteiger partial charge on any atom is 0.310 e. The average molecular weight is 392 g/mol. The summed E-state index contributed by atoms with van der Waals surface area (Å²) >= 11 is 0. The summed E-state index contributed by atoms with van der Waals surface area (Å²) in [6.07, 6.45) is 2.29. The molecule has 1 saturated carbocycles. The molecule has 7 heteroatoms. The van der Waals surface area contributed by atoms with Crippen molar-refractivity contribution >= 4 is 5.97 Å². The van der Waals surface area contributed by atoms with Gasteiger partial charge in [0.25, 0.3) is 0 Å². The standard InChI is InChI=1S/C21H28O7/c1-20-7-15(24)13(22)6-11(20)3-4-12-18(20)14(23)5-10-8-26-21(2)17(10)16(9-27-21)28-19(12)25/h3,8,12-18,22-24H,4-7,9H2,1-2H3/t12-,13-,14-,15-,16-,17-,18+,20+,21+/m1/s1. The summed E-state index contributed by atoms with van der Waals surface area (Å²) < 4.78 is 17.4. The van der Waals surface area contributed by atoms with Crippen LogP contribution in [0.2, 0.25) is 0 Å². The van der Waals surface area contributed by atoms with Crippen LogP contribution in [0.5, 0.6) is 0 Å². The van der Waals surface area contributed by atoms with Crippen molar-refractivity contribution in [2.24, 2.45) is 23.2 Å². The number of fused-ring (bicyclic) bond motifs is 3. The van der Waals surface area contributed by atoms with Crippen LogP contribution in [0.3, 0.4) is 0 Å². The SMILES string of the molecule is C[C@]12OC=C3C[C@@H](O)[C@@H]4[C@@H](CC=C5C[C@@H](O)[C@H](O)C[C@@]54C)C(=O)O[C@H](CO1)[C@@H]32. The van der Waals surface area contributed by atoms with E-state index in [-0.39, 0.29) is 18.5 Å². The predicted octanol–water partition coefficient (Wildman–Crippen LogP) is 1.02. The summed E-state index contributed by atoms with van der Waals surface area (Å²) in [6.45, 7) is 4.11. The van der Waals surface area contributed by atoms with E-state index in [9.17, 15) is 20.1 Å². The number of esters is 1. The lowest BCUT2D eigenvalue weighted by Gasteiger charge is -2.52. The monoisotopic (exact) mass is 392 g/mol. The zero-order chi connectivity index (χ0) is 19.8. The molecule has 0 aromatic heterocycles. The Labute approximate surface area is 164 Å². The zero-order valence-corrected chi connectivity index (χ0v) is 16.2. The number of allylic oxidation sites excluding steroid dienone is 1. The minimum absolute atomic E-state index is 0.217. The lowest BCUT2D eigenvalue weighted by molar-refractivity contribution is -0.165. The van der Waals surface area contributed by atoms with Crippen LogP contribution in [0.4, 0.5) is 0 Å². The molecule has 0 spiro atoms. The largest absolute Gasteiger partial charge is 0.469 e. The molecule has 3 fully saturated rings. The quantitative estimate of drug-likeness (QED) is 0.418. The van der Waals surface area contributed by atoms with Crippen molar-refractivity contribution in [2.45, 2.75) is 69.7 Å². The Kier molecular flexibility index (Phi) is 4.02. The van der Waals surface area contributed by atoms with Crippen LogP contribution >= 0.6 is 0 Å². The highest BCUT2D eigenvalue weighted by atomic mass is 16.7. The molecule has 7 nitrogen and oxygen atoms in total. The number of aliphatic hydroxyl groups is 3. The fourth-order valence-corrected chi connectivity index (χ4v) is 6.36. The average Bonchev–Trinajstić information content (AvgIpc) is 3.12. The van der Waals surface area contributed by atoms with E-state index < -0.39 is 47.5 Å². The van der Waals surface area contributed by atoms with Gasteiger partial charge in [-0.3, -0.25) is 4.79 Å². The first kappa shape index (κ1) is 18.6. The molecular formula is C21H28O7. The van der Waals surface area contributed by atoms with Gasteiger partial charge in [0.1, 0.15) is 6.10 Å². The van der Waals surface area contributed by atoms with E-state index in [0.717, 1.165) is 11.1 Å². The van der Waals surface area contributed by atoms with E-state index in [4.69, 9.17) is 14.2 Å². The van der Waals surface area contributed by atoms with E-state index in [1.54, 1.807) is 6.26 Å². The lowest BCUT2D eigenvalue weighted by Crippen LogP contribution is -2.53. The van der Waals surface area contributed by atoms with Gasteiger partial charge in [-0.25, -0.2) is 0 Å². The van der Waals surface area contributed by atoms with Crippen molar-refractivity contribution in [1.29, 1.82) is 0 Å². The van der Waals surface area contributed by atoms with Crippen LogP contribution in [0, 0.1) is 23.2 Å². The summed E-state index contributed by atoms with van der Waals surface area (Å²) in [5.74, 6) is -2.28. The van der Waals surface area contributed by atoms with Crippen LogP contribution in [-0.2, 0) is 19.0 Å². The molecule has 0 amide bonds. The van der Waals surface area contributed by atoms with E-state index in [0.29, 0.717) is 25.7 Å². The van der Waals surface area contributed by atoms with Gasteiger partial charge in [0.2, 0.25) is 5.79 Å². The number of carbonyl (C=O) groups excluding carboxylic acids is 1. The fraction of sp³-hybridized carbons (Fsp3) is 0.762. The van der Waals surface area contributed by atoms with E-state index in [1.165, 1.54) is 0 Å². The van der Waals surface area contributed by atoms with Crippen molar-refractivity contribution in [2.75, 3.05) is 6.61 Å². The number of hydrogen-bond acceptors (Lipinski definition) is 7. The molecule has 3 aliphatic heterocycles. The molecule has 0 aromatic rings. The molecule has 2 aliphatic carbocycles. The predicted molar refractivity (Wildman–Crippen MR) is 96.6 cm³/mol. The molecule has 5 aliphatic rings. The molecule has 0 radical (unpaired) electrons. The number of aliphatic hydroxyl groups excluding tert-OH is 3. The number of ether oxygens (including phenoxy) is 3. The van der Waals surface area contributed by atoms with E-state index in [2.05, 4.69) is 0 Å². The Bertz CT molecular complexity index is 760. The Hall–Kier alpha value is -1.41. The maximum absolute atomic E-state index is 13.2. The summed E-state index contributed by atoms with van der Waals surface area (Å²) in [4.78, 5) is 13.2. The third-order valence-electron chi connectivity index (χ3n) is 7.77. The van der Waals surface area contributed by atoms with E-state index in [1.807, 2.05) is 19.9 Å². The molecule has 0 aromatic carbocycles. The van der Waals surface area contributed by atoms with Crippen LogP contribution in [0.15, 0.2) is 23.5 Å². The van der Waals surface area contributed by atoms with Crippen LogP contribution in [0.1, 0.15) is 39.5 Å². The summed E-state index contributed by atoms with van der Waals surface area (Å²) in [5, 5.41) is 31.8. The number of rotatable bonds is 0. The highest BCUT2D eigenvalue weighted by Gasteiger charge is 2.60. The van der Waals surface area contributed by atoms with Gasteiger partial charge in [-0.2, -0.15) is 0 Å². The summed E-state index contributed by atoms with van der Waals surface area (Å²) in [7, 11) is 0. The van der Waals surface area contributed by atoms with Crippen LogP contribution in [-0.4, -0.2) is 58.1 Å². The Balaban J connectivity index is 1.55. The molecular weight excluding hydrogens is 364 g/mol. The molecule has 5 rings (SSSR count). The smallest absolute Gasteiger partial charge is 0.310 e. The minimum Gasteiger partial charge on any atom is -0.469 e. The van der Waals surface area contributed by atoms with Gasteiger partial charge < -0.3 is 29.5 Å². The third-order valence-corrected chi connectivity index (χ3v) is 7.77.